The van der Waals surface area contributed by atoms with Crippen molar-refractivity contribution >= 4 is 27.5 Å². The Morgan fingerprint density at radius 3 is 2.61 bits per heavy atom. The molecule has 3 nitrogen and oxygen atoms in total. The first-order chi connectivity index (χ1) is 8.60. The van der Waals surface area contributed by atoms with E-state index in [1.165, 1.54) is 0 Å². The Labute approximate surface area is 119 Å². The fraction of sp³-hybridized carbons (Fsp3) is 0.154. The number of benzene rings is 1. The number of rotatable bonds is 3. The Bertz CT molecular complexity index is 575. The Balaban J connectivity index is 2.36. The number of ether oxygens (including phenoxy) is 2. The van der Waals surface area contributed by atoms with Crippen LogP contribution in [0.15, 0.2) is 35.1 Å². The molecule has 0 N–H and O–H groups in total. The van der Waals surface area contributed by atoms with Gasteiger partial charge in [0.2, 0.25) is 0 Å². The summed E-state index contributed by atoms with van der Waals surface area (Å²) in [6.45, 7) is 1.98. The third-order valence-corrected chi connectivity index (χ3v) is 3.41. The maximum absolute atomic E-state index is 5.86. The fourth-order valence-corrected chi connectivity index (χ4v) is 1.94. The number of halogens is 2. The van der Waals surface area contributed by atoms with Gasteiger partial charge in [0.15, 0.2) is 11.5 Å². The molecule has 0 saturated heterocycles. The second kappa shape index (κ2) is 5.59. The van der Waals surface area contributed by atoms with E-state index in [0.29, 0.717) is 22.3 Å². The number of pyridine rings is 1. The maximum Gasteiger partial charge on any atom is 0.170 e. The standard InChI is InChI=1S/C13H11BrClNO2/c1-8-3-12(17-2)13(5-11(8)14)18-10-4-9(15)6-16-7-10/h3-7H,1-2H3. The van der Waals surface area contributed by atoms with Gasteiger partial charge in [0.1, 0.15) is 5.75 Å². The van der Waals surface area contributed by atoms with Crippen molar-refractivity contribution in [3.05, 3.63) is 45.7 Å². The summed E-state index contributed by atoms with van der Waals surface area (Å²) in [5.74, 6) is 1.84. The SMILES string of the molecule is COc1cc(C)c(Br)cc1Oc1cncc(Cl)c1. The minimum atomic E-state index is 0.526. The molecule has 0 aliphatic rings. The van der Waals surface area contributed by atoms with E-state index in [2.05, 4.69) is 20.9 Å². The van der Waals surface area contributed by atoms with Gasteiger partial charge in [-0.1, -0.05) is 27.5 Å². The van der Waals surface area contributed by atoms with Crippen LogP contribution in [0.5, 0.6) is 17.2 Å². The van der Waals surface area contributed by atoms with Crippen LogP contribution in [0, 0.1) is 6.92 Å². The van der Waals surface area contributed by atoms with Crippen LogP contribution in [0.3, 0.4) is 0 Å². The molecule has 5 heteroatoms. The van der Waals surface area contributed by atoms with Crippen LogP contribution in [-0.4, -0.2) is 12.1 Å². The number of aryl methyl sites for hydroxylation is 1. The van der Waals surface area contributed by atoms with E-state index in [-0.39, 0.29) is 0 Å². The largest absolute Gasteiger partial charge is 0.493 e. The lowest BCUT2D eigenvalue weighted by Gasteiger charge is -2.12. The molecule has 0 aliphatic heterocycles. The molecule has 2 aromatic rings. The lowest BCUT2D eigenvalue weighted by atomic mass is 10.2. The van der Waals surface area contributed by atoms with Crippen LogP contribution in [0.4, 0.5) is 0 Å². The quantitative estimate of drug-likeness (QED) is 0.824. The van der Waals surface area contributed by atoms with Crippen LogP contribution in [0.2, 0.25) is 5.02 Å². The zero-order chi connectivity index (χ0) is 13.1. The van der Waals surface area contributed by atoms with E-state index in [4.69, 9.17) is 21.1 Å². The number of hydrogen-bond donors (Lipinski definition) is 0. The van der Waals surface area contributed by atoms with Crippen LogP contribution in [0.1, 0.15) is 5.56 Å². The summed E-state index contributed by atoms with van der Waals surface area (Å²) in [6.07, 6.45) is 3.15. The van der Waals surface area contributed by atoms with E-state index in [1.54, 1.807) is 25.6 Å². The molecule has 2 rings (SSSR count). The Morgan fingerprint density at radius 1 is 1.17 bits per heavy atom. The van der Waals surface area contributed by atoms with Gasteiger partial charge >= 0.3 is 0 Å². The molecule has 0 spiro atoms. The van der Waals surface area contributed by atoms with Crippen molar-refractivity contribution in [3.8, 4) is 17.2 Å². The second-order valence-corrected chi connectivity index (χ2v) is 4.98. The Kier molecular flexibility index (Phi) is 4.09. The van der Waals surface area contributed by atoms with E-state index < -0.39 is 0 Å². The molecular formula is C13H11BrClNO2. The minimum absolute atomic E-state index is 0.526. The lowest BCUT2D eigenvalue weighted by Crippen LogP contribution is -1.92. The summed E-state index contributed by atoms with van der Waals surface area (Å²) in [5.41, 5.74) is 1.07. The van der Waals surface area contributed by atoms with Crippen molar-refractivity contribution in [2.75, 3.05) is 7.11 Å². The topological polar surface area (TPSA) is 31.4 Å². The molecule has 1 aromatic heterocycles. The van der Waals surface area contributed by atoms with Crippen molar-refractivity contribution in [2.45, 2.75) is 6.92 Å². The van der Waals surface area contributed by atoms with E-state index in [9.17, 15) is 0 Å². The highest BCUT2D eigenvalue weighted by molar-refractivity contribution is 9.10. The lowest BCUT2D eigenvalue weighted by molar-refractivity contribution is 0.378. The first-order valence-corrected chi connectivity index (χ1v) is 6.40. The van der Waals surface area contributed by atoms with Gasteiger partial charge in [0, 0.05) is 16.7 Å². The van der Waals surface area contributed by atoms with Gasteiger partial charge < -0.3 is 9.47 Å². The summed E-state index contributed by atoms with van der Waals surface area (Å²) < 4.78 is 12.0. The molecule has 0 saturated carbocycles. The van der Waals surface area contributed by atoms with Gasteiger partial charge in [-0.3, -0.25) is 4.98 Å². The second-order valence-electron chi connectivity index (χ2n) is 3.69. The third kappa shape index (κ3) is 2.94. The van der Waals surface area contributed by atoms with Gasteiger partial charge in [0.05, 0.1) is 18.3 Å². The predicted molar refractivity (Wildman–Crippen MR) is 74.8 cm³/mol. The molecule has 0 amide bonds. The van der Waals surface area contributed by atoms with E-state index in [1.807, 2.05) is 19.1 Å². The van der Waals surface area contributed by atoms with Crippen LogP contribution in [-0.2, 0) is 0 Å². The minimum Gasteiger partial charge on any atom is -0.493 e. The van der Waals surface area contributed by atoms with Crippen LogP contribution in [0.25, 0.3) is 0 Å². The van der Waals surface area contributed by atoms with Gasteiger partial charge in [-0.25, -0.2) is 0 Å². The van der Waals surface area contributed by atoms with Crippen molar-refractivity contribution in [2.24, 2.45) is 0 Å². The molecule has 0 atom stereocenters. The highest BCUT2D eigenvalue weighted by Gasteiger charge is 2.09. The molecule has 94 valence electrons. The summed E-state index contributed by atoms with van der Waals surface area (Å²) in [5, 5.41) is 0.526. The molecule has 0 unspecified atom stereocenters. The van der Waals surface area contributed by atoms with Gasteiger partial charge in [-0.15, -0.1) is 0 Å². The monoisotopic (exact) mass is 327 g/mol. The average molecular weight is 329 g/mol. The maximum atomic E-state index is 5.86. The van der Waals surface area contributed by atoms with Crippen LogP contribution >= 0.6 is 27.5 Å². The van der Waals surface area contributed by atoms with Crippen LogP contribution < -0.4 is 9.47 Å². The Hall–Kier alpha value is -1.26. The number of hydrogen-bond acceptors (Lipinski definition) is 3. The van der Waals surface area contributed by atoms with Gasteiger partial charge in [-0.05, 0) is 24.6 Å². The summed E-state index contributed by atoms with van der Waals surface area (Å²) in [7, 11) is 1.60. The third-order valence-electron chi connectivity index (χ3n) is 2.35. The molecule has 0 fully saturated rings. The molecule has 1 heterocycles. The summed E-state index contributed by atoms with van der Waals surface area (Å²) >= 11 is 9.32. The number of methoxy groups -OCH3 is 1. The van der Waals surface area contributed by atoms with Crippen molar-refractivity contribution < 1.29 is 9.47 Å². The smallest absolute Gasteiger partial charge is 0.170 e. The first kappa shape index (κ1) is 13.2. The highest BCUT2D eigenvalue weighted by atomic mass is 79.9. The van der Waals surface area contributed by atoms with Gasteiger partial charge in [0.25, 0.3) is 0 Å². The summed E-state index contributed by atoms with van der Waals surface area (Å²) in [6, 6.07) is 5.45. The molecule has 0 bridgehead atoms. The van der Waals surface area contributed by atoms with E-state index >= 15 is 0 Å². The van der Waals surface area contributed by atoms with Crippen molar-refractivity contribution in [1.29, 1.82) is 0 Å². The average Bonchev–Trinajstić information content (AvgIpc) is 2.33. The molecule has 18 heavy (non-hydrogen) atoms. The number of nitrogens with zero attached hydrogens (tertiary/aromatic N) is 1. The number of aromatic nitrogens is 1. The van der Waals surface area contributed by atoms with E-state index in [0.717, 1.165) is 10.0 Å². The first-order valence-electron chi connectivity index (χ1n) is 5.22. The highest BCUT2D eigenvalue weighted by Crippen LogP contribution is 2.36. The zero-order valence-electron chi connectivity index (χ0n) is 9.91. The molecule has 1 aromatic carbocycles. The summed E-state index contributed by atoms with van der Waals surface area (Å²) in [4.78, 5) is 3.97. The molecular weight excluding hydrogens is 318 g/mol. The van der Waals surface area contributed by atoms with Crippen molar-refractivity contribution in [3.63, 3.8) is 0 Å². The zero-order valence-corrected chi connectivity index (χ0v) is 12.2. The molecule has 0 radical (unpaired) electrons. The Morgan fingerprint density at radius 2 is 1.94 bits per heavy atom. The van der Waals surface area contributed by atoms with Gasteiger partial charge in [-0.2, -0.15) is 0 Å². The molecule has 0 aliphatic carbocycles. The van der Waals surface area contributed by atoms with Crippen molar-refractivity contribution in [1.82, 2.24) is 4.98 Å². The fourth-order valence-electron chi connectivity index (χ4n) is 1.45. The normalized spacial score (nSPS) is 10.2. The predicted octanol–water partition coefficient (Wildman–Crippen LogP) is 4.61.